The van der Waals surface area contributed by atoms with Gasteiger partial charge in [-0.3, -0.25) is 0 Å². The highest BCUT2D eigenvalue weighted by molar-refractivity contribution is 7.89. The van der Waals surface area contributed by atoms with E-state index in [0.29, 0.717) is 16.7 Å². The maximum atomic E-state index is 12.5. The van der Waals surface area contributed by atoms with Crippen molar-refractivity contribution in [1.29, 1.82) is 0 Å². The van der Waals surface area contributed by atoms with Gasteiger partial charge in [0.25, 0.3) is 0 Å². The van der Waals surface area contributed by atoms with Gasteiger partial charge in [0.05, 0.1) is 7.11 Å². The molecule has 0 unspecified atom stereocenters. The Labute approximate surface area is 125 Å². The lowest BCUT2D eigenvalue weighted by atomic mass is 9.87. The molecule has 1 aromatic rings. The molecule has 1 N–H and O–H groups in total. The number of rotatable bonds is 4. The van der Waals surface area contributed by atoms with E-state index in [2.05, 4.69) is 11.6 Å². The zero-order valence-corrected chi connectivity index (χ0v) is 13.3. The van der Waals surface area contributed by atoms with Crippen molar-refractivity contribution in [1.82, 2.24) is 4.72 Å². The molecule has 0 aliphatic heterocycles. The van der Waals surface area contributed by atoms with Gasteiger partial charge in [-0.25, -0.2) is 13.1 Å². The largest absolute Gasteiger partial charge is 0.495 e. The minimum atomic E-state index is -3.62. The second-order valence-corrected chi connectivity index (χ2v) is 7.40. The number of nitrogens with one attached hydrogen (secondary N) is 1. The average Bonchev–Trinajstić information content (AvgIpc) is 2.41. The van der Waals surface area contributed by atoms with Gasteiger partial charge in [0.2, 0.25) is 10.0 Å². The van der Waals surface area contributed by atoms with E-state index in [1.54, 1.807) is 12.1 Å². The molecule has 0 spiro atoms. The molecular formula is C14H20ClNO3S. The molecule has 1 fully saturated rings. The minimum Gasteiger partial charge on any atom is -0.495 e. The van der Waals surface area contributed by atoms with Crippen molar-refractivity contribution in [3.63, 3.8) is 0 Å². The van der Waals surface area contributed by atoms with Gasteiger partial charge < -0.3 is 4.74 Å². The molecule has 1 saturated carbocycles. The first-order chi connectivity index (χ1) is 9.44. The third-order valence-corrected chi connectivity index (χ3v) is 5.58. The standard InChI is InChI=1S/C14H20ClNO3S/c1-10-5-3-4-6-12(10)16-20(17,18)14-9-11(15)7-8-13(14)19-2/h7-10,12,16H,3-6H2,1-2H3/t10-,12+/m1/s1. The summed E-state index contributed by atoms with van der Waals surface area (Å²) in [4.78, 5) is 0.102. The first-order valence-corrected chi connectivity index (χ1v) is 8.66. The third-order valence-electron chi connectivity index (χ3n) is 3.83. The van der Waals surface area contributed by atoms with Crippen molar-refractivity contribution in [3.05, 3.63) is 23.2 Å². The number of halogens is 1. The molecule has 1 aliphatic carbocycles. The topological polar surface area (TPSA) is 55.4 Å². The fourth-order valence-electron chi connectivity index (χ4n) is 2.61. The summed E-state index contributed by atoms with van der Waals surface area (Å²) in [5, 5.41) is 0.378. The molecule has 6 heteroatoms. The van der Waals surface area contributed by atoms with Crippen LogP contribution in [0.5, 0.6) is 5.75 Å². The fourth-order valence-corrected chi connectivity index (χ4v) is 4.43. The van der Waals surface area contributed by atoms with Crippen molar-refractivity contribution in [3.8, 4) is 5.75 Å². The lowest BCUT2D eigenvalue weighted by Crippen LogP contribution is -2.41. The van der Waals surface area contributed by atoms with E-state index in [9.17, 15) is 8.42 Å². The molecule has 4 nitrogen and oxygen atoms in total. The predicted molar refractivity (Wildman–Crippen MR) is 79.7 cm³/mol. The van der Waals surface area contributed by atoms with Gasteiger partial charge in [0, 0.05) is 11.1 Å². The second-order valence-electron chi connectivity index (χ2n) is 5.28. The van der Waals surface area contributed by atoms with Crippen LogP contribution in [0.1, 0.15) is 32.6 Å². The van der Waals surface area contributed by atoms with Gasteiger partial charge in [0.15, 0.2) is 0 Å². The van der Waals surface area contributed by atoms with E-state index in [1.807, 2.05) is 0 Å². The highest BCUT2D eigenvalue weighted by atomic mass is 35.5. The lowest BCUT2D eigenvalue weighted by molar-refractivity contribution is 0.310. The molecule has 1 aliphatic rings. The van der Waals surface area contributed by atoms with E-state index in [1.165, 1.54) is 19.6 Å². The van der Waals surface area contributed by atoms with Crippen LogP contribution in [-0.4, -0.2) is 21.6 Å². The van der Waals surface area contributed by atoms with Gasteiger partial charge >= 0.3 is 0 Å². The minimum absolute atomic E-state index is 0.0163. The summed E-state index contributed by atoms with van der Waals surface area (Å²) in [6, 6.07) is 4.59. The van der Waals surface area contributed by atoms with Crippen LogP contribution in [0.3, 0.4) is 0 Å². The van der Waals surface area contributed by atoms with Gasteiger partial charge in [-0.05, 0) is 37.0 Å². The molecule has 0 heterocycles. The summed E-state index contributed by atoms with van der Waals surface area (Å²) >= 11 is 5.90. The second kappa shape index (κ2) is 6.33. The summed E-state index contributed by atoms with van der Waals surface area (Å²) < 4.78 is 33.0. The average molecular weight is 318 g/mol. The fraction of sp³-hybridized carbons (Fsp3) is 0.571. The summed E-state index contributed by atoms with van der Waals surface area (Å²) in [5.41, 5.74) is 0. The van der Waals surface area contributed by atoms with Crippen LogP contribution in [0, 0.1) is 5.92 Å². The van der Waals surface area contributed by atoms with Crippen molar-refractivity contribution < 1.29 is 13.2 Å². The Kier molecular flexibility index (Phi) is 4.94. The maximum Gasteiger partial charge on any atom is 0.244 e. The van der Waals surface area contributed by atoms with Gasteiger partial charge in [-0.2, -0.15) is 0 Å². The van der Waals surface area contributed by atoms with Gasteiger partial charge in [-0.1, -0.05) is 31.4 Å². The van der Waals surface area contributed by atoms with E-state index < -0.39 is 10.0 Å². The third kappa shape index (κ3) is 3.45. The summed E-state index contributed by atoms with van der Waals surface area (Å²) in [7, 11) is -2.17. The van der Waals surface area contributed by atoms with Crippen molar-refractivity contribution in [2.24, 2.45) is 5.92 Å². The Balaban J connectivity index is 2.28. The van der Waals surface area contributed by atoms with Gasteiger partial charge in [0.1, 0.15) is 10.6 Å². The van der Waals surface area contributed by atoms with E-state index in [0.717, 1.165) is 19.3 Å². The predicted octanol–water partition coefficient (Wildman–Crippen LogP) is 3.21. The lowest BCUT2D eigenvalue weighted by Gasteiger charge is -2.29. The number of sulfonamides is 1. The normalized spacial score (nSPS) is 23.6. The van der Waals surface area contributed by atoms with E-state index >= 15 is 0 Å². The zero-order valence-electron chi connectivity index (χ0n) is 11.7. The number of hydrogen-bond acceptors (Lipinski definition) is 3. The molecule has 2 rings (SSSR count). The number of benzene rings is 1. The summed E-state index contributed by atoms with van der Waals surface area (Å²) in [5.74, 6) is 0.661. The quantitative estimate of drug-likeness (QED) is 0.927. The Morgan fingerprint density at radius 1 is 1.30 bits per heavy atom. The SMILES string of the molecule is COc1ccc(Cl)cc1S(=O)(=O)N[C@H]1CCCC[C@H]1C. The van der Waals surface area contributed by atoms with E-state index in [-0.39, 0.29) is 10.9 Å². The summed E-state index contributed by atoms with van der Waals surface area (Å²) in [6.07, 6.45) is 4.16. The van der Waals surface area contributed by atoms with Crippen molar-refractivity contribution in [2.75, 3.05) is 7.11 Å². The molecule has 0 amide bonds. The number of hydrogen-bond donors (Lipinski definition) is 1. The van der Waals surface area contributed by atoms with Crippen LogP contribution in [0.2, 0.25) is 5.02 Å². The van der Waals surface area contributed by atoms with Crippen LogP contribution < -0.4 is 9.46 Å². The zero-order chi connectivity index (χ0) is 14.8. The van der Waals surface area contributed by atoms with Crippen LogP contribution in [0.25, 0.3) is 0 Å². The smallest absolute Gasteiger partial charge is 0.244 e. The Hall–Kier alpha value is -0.780. The Morgan fingerprint density at radius 3 is 2.65 bits per heavy atom. The maximum absolute atomic E-state index is 12.5. The van der Waals surface area contributed by atoms with Crippen LogP contribution >= 0.6 is 11.6 Å². The Morgan fingerprint density at radius 2 is 2.00 bits per heavy atom. The molecule has 20 heavy (non-hydrogen) atoms. The molecule has 0 saturated heterocycles. The molecular weight excluding hydrogens is 298 g/mol. The van der Waals surface area contributed by atoms with Crippen LogP contribution in [-0.2, 0) is 10.0 Å². The monoisotopic (exact) mass is 317 g/mol. The molecule has 112 valence electrons. The molecule has 0 bridgehead atoms. The van der Waals surface area contributed by atoms with E-state index in [4.69, 9.17) is 16.3 Å². The summed E-state index contributed by atoms with van der Waals surface area (Å²) in [6.45, 7) is 2.08. The molecule has 1 aromatic carbocycles. The first kappa shape index (κ1) is 15.6. The van der Waals surface area contributed by atoms with Crippen LogP contribution in [0.4, 0.5) is 0 Å². The van der Waals surface area contributed by atoms with Crippen molar-refractivity contribution >= 4 is 21.6 Å². The molecule has 2 atom stereocenters. The molecule has 0 radical (unpaired) electrons. The van der Waals surface area contributed by atoms with Crippen LogP contribution in [0.15, 0.2) is 23.1 Å². The molecule has 0 aromatic heterocycles. The van der Waals surface area contributed by atoms with Crippen molar-refractivity contribution in [2.45, 2.75) is 43.5 Å². The number of ether oxygens (including phenoxy) is 1. The highest BCUT2D eigenvalue weighted by Crippen LogP contribution is 2.29. The Bertz CT molecular complexity index is 574. The van der Waals surface area contributed by atoms with Gasteiger partial charge in [-0.15, -0.1) is 0 Å². The first-order valence-electron chi connectivity index (χ1n) is 6.80. The highest BCUT2D eigenvalue weighted by Gasteiger charge is 2.28. The number of methoxy groups -OCH3 is 1.